The molecule has 1 rings (SSSR count). The van der Waals surface area contributed by atoms with Crippen LogP contribution in [0.4, 0.5) is 0 Å². The van der Waals surface area contributed by atoms with Crippen molar-refractivity contribution in [1.29, 1.82) is 0 Å². The number of nitrogens with one attached hydrogen (secondary N) is 1. The molecule has 0 spiro atoms. The molecule has 1 aromatic carbocycles. The predicted molar refractivity (Wildman–Crippen MR) is 75.3 cm³/mol. The first-order chi connectivity index (χ1) is 9.04. The first kappa shape index (κ1) is 15.6. The number of aliphatic hydroxyl groups excluding tert-OH is 1. The molecule has 0 aromatic heterocycles. The van der Waals surface area contributed by atoms with Gasteiger partial charge >= 0.3 is 0 Å². The molecule has 5 heteroatoms. The summed E-state index contributed by atoms with van der Waals surface area (Å²) in [6, 6.07) is 9.56. The Balaban J connectivity index is 2.68. The van der Waals surface area contributed by atoms with Crippen LogP contribution >= 0.6 is 0 Å². The lowest BCUT2D eigenvalue weighted by Crippen LogP contribution is -2.40. The Bertz CT molecular complexity index is 382. The number of hydrogen-bond acceptors (Lipinski definition) is 4. The lowest BCUT2D eigenvalue weighted by molar-refractivity contribution is -0.123. The smallest absolute Gasteiger partial charge is 0.242 e. The number of hydrazine groups is 1. The van der Waals surface area contributed by atoms with Crippen LogP contribution in [0, 0.1) is 0 Å². The predicted octanol–water partition coefficient (Wildman–Crippen LogP) is 0.463. The van der Waals surface area contributed by atoms with Crippen LogP contribution in [0.2, 0.25) is 0 Å². The summed E-state index contributed by atoms with van der Waals surface area (Å²) < 4.78 is 0. The van der Waals surface area contributed by atoms with Crippen molar-refractivity contribution in [3.63, 3.8) is 0 Å². The van der Waals surface area contributed by atoms with Crippen LogP contribution in [0.1, 0.15) is 24.8 Å². The summed E-state index contributed by atoms with van der Waals surface area (Å²) in [5.74, 6) is 4.75. The van der Waals surface area contributed by atoms with Gasteiger partial charge in [-0.05, 0) is 26.0 Å². The molecule has 0 aliphatic carbocycles. The van der Waals surface area contributed by atoms with Crippen molar-refractivity contribution in [3.05, 3.63) is 35.9 Å². The fourth-order valence-electron chi connectivity index (χ4n) is 1.94. The third-order valence-electron chi connectivity index (χ3n) is 3.08. The number of amides is 1. The lowest BCUT2D eigenvalue weighted by Gasteiger charge is -2.23. The Morgan fingerprint density at radius 1 is 1.42 bits per heavy atom. The molecule has 0 saturated heterocycles. The van der Waals surface area contributed by atoms with Gasteiger partial charge in [-0.25, -0.2) is 5.84 Å². The van der Waals surface area contributed by atoms with Gasteiger partial charge in [-0.1, -0.05) is 30.3 Å². The van der Waals surface area contributed by atoms with Crippen molar-refractivity contribution in [3.8, 4) is 0 Å². The normalized spacial score (nSPS) is 14.2. The minimum atomic E-state index is -0.332. The van der Waals surface area contributed by atoms with Crippen LogP contribution in [0.25, 0.3) is 0 Å². The molecule has 4 N–H and O–H groups in total. The Labute approximate surface area is 114 Å². The molecule has 0 heterocycles. The molecule has 0 aliphatic rings. The van der Waals surface area contributed by atoms with Crippen molar-refractivity contribution >= 4 is 5.91 Å². The maximum atomic E-state index is 11.9. The van der Waals surface area contributed by atoms with Gasteiger partial charge < -0.3 is 10.0 Å². The van der Waals surface area contributed by atoms with Gasteiger partial charge in [0.25, 0.3) is 0 Å². The molecule has 0 fully saturated rings. The Morgan fingerprint density at radius 3 is 2.58 bits per heavy atom. The number of carbonyl (C=O) groups excluding carboxylic acids is 1. The average molecular weight is 265 g/mol. The average Bonchev–Trinajstić information content (AvgIpc) is 2.42. The molecule has 2 unspecified atom stereocenters. The van der Waals surface area contributed by atoms with Crippen molar-refractivity contribution in [2.45, 2.75) is 25.4 Å². The molecule has 0 bridgehead atoms. The molecule has 5 nitrogen and oxygen atoms in total. The molecule has 0 saturated carbocycles. The van der Waals surface area contributed by atoms with Crippen LogP contribution in [0.3, 0.4) is 0 Å². The number of rotatable bonds is 7. The van der Waals surface area contributed by atoms with Crippen LogP contribution in [-0.2, 0) is 4.79 Å². The van der Waals surface area contributed by atoms with E-state index in [9.17, 15) is 9.90 Å². The first-order valence-corrected chi connectivity index (χ1v) is 6.46. The monoisotopic (exact) mass is 265 g/mol. The standard InChI is InChI=1S/C14H23N3O2/c1-11(18)8-9-17(2)10-13(14(19)16-15)12-6-4-3-5-7-12/h3-7,11,13,18H,8-10,15H2,1-2H3,(H,16,19). The Hall–Kier alpha value is -1.43. The maximum Gasteiger partial charge on any atom is 0.242 e. The Morgan fingerprint density at radius 2 is 2.05 bits per heavy atom. The zero-order chi connectivity index (χ0) is 14.3. The molecule has 106 valence electrons. The van der Waals surface area contributed by atoms with Crippen LogP contribution in [0.15, 0.2) is 30.3 Å². The zero-order valence-electron chi connectivity index (χ0n) is 11.5. The highest BCUT2D eigenvalue weighted by atomic mass is 16.3. The van der Waals surface area contributed by atoms with E-state index in [1.807, 2.05) is 42.3 Å². The molecule has 0 radical (unpaired) electrons. The first-order valence-electron chi connectivity index (χ1n) is 6.46. The summed E-state index contributed by atoms with van der Waals surface area (Å²) >= 11 is 0. The summed E-state index contributed by atoms with van der Waals surface area (Å²) in [4.78, 5) is 13.9. The minimum absolute atomic E-state index is 0.199. The molecular weight excluding hydrogens is 242 g/mol. The van der Waals surface area contributed by atoms with E-state index in [2.05, 4.69) is 5.43 Å². The van der Waals surface area contributed by atoms with E-state index < -0.39 is 0 Å². The third kappa shape index (κ3) is 5.38. The van der Waals surface area contributed by atoms with Crippen molar-refractivity contribution in [2.75, 3.05) is 20.1 Å². The number of carbonyl (C=O) groups is 1. The quantitative estimate of drug-likeness (QED) is 0.380. The summed E-state index contributed by atoms with van der Waals surface area (Å²) in [5.41, 5.74) is 3.16. The largest absolute Gasteiger partial charge is 0.393 e. The van der Waals surface area contributed by atoms with Crippen molar-refractivity contribution in [2.24, 2.45) is 5.84 Å². The number of nitrogens with two attached hydrogens (primary N) is 1. The second kappa shape index (κ2) is 7.89. The zero-order valence-corrected chi connectivity index (χ0v) is 11.5. The van der Waals surface area contributed by atoms with Gasteiger partial charge in [0.2, 0.25) is 5.91 Å². The van der Waals surface area contributed by atoms with E-state index in [0.29, 0.717) is 13.0 Å². The summed E-state index contributed by atoms with van der Waals surface area (Å²) in [6.45, 7) is 3.06. The van der Waals surface area contributed by atoms with Crippen LogP contribution in [-0.4, -0.2) is 42.2 Å². The second-order valence-electron chi connectivity index (χ2n) is 4.87. The van der Waals surface area contributed by atoms with Crippen molar-refractivity contribution < 1.29 is 9.90 Å². The van der Waals surface area contributed by atoms with E-state index >= 15 is 0 Å². The maximum absolute atomic E-state index is 11.9. The number of aliphatic hydroxyl groups is 1. The fourth-order valence-corrected chi connectivity index (χ4v) is 1.94. The van der Waals surface area contributed by atoms with Gasteiger partial charge in [-0.15, -0.1) is 0 Å². The van der Waals surface area contributed by atoms with Gasteiger partial charge in [-0.2, -0.15) is 0 Å². The third-order valence-corrected chi connectivity index (χ3v) is 3.08. The molecule has 1 aromatic rings. The molecule has 1 amide bonds. The van der Waals surface area contributed by atoms with Crippen LogP contribution in [0.5, 0.6) is 0 Å². The van der Waals surface area contributed by atoms with E-state index in [1.54, 1.807) is 6.92 Å². The highest BCUT2D eigenvalue weighted by Gasteiger charge is 2.21. The fraction of sp³-hybridized carbons (Fsp3) is 0.500. The molecule has 2 atom stereocenters. The summed E-state index contributed by atoms with van der Waals surface area (Å²) in [7, 11) is 1.93. The highest BCUT2D eigenvalue weighted by molar-refractivity contribution is 5.83. The van der Waals surface area contributed by atoms with E-state index in [-0.39, 0.29) is 17.9 Å². The van der Waals surface area contributed by atoms with Gasteiger partial charge in [0, 0.05) is 13.1 Å². The molecule has 19 heavy (non-hydrogen) atoms. The van der Waals surface area contributed by atoms with Gasteiger partial charge in [-0.3, -0.25) is 10.2 Å². The highest BCUT2D eigenvalue weighted by Crippen LogP contribution is 2.16. The number of likely N-dealkylation sites (N-methyl/N-ethyl adjacent to an activating group) is 1. The minimum Gasteiger partial charge on any atom is -0.393 e. The van der Waals surface area contributed by atoms with E-state index in [1.165, 1.54) is 0 Å². The SMILES string of the molecule is CC(O)CCN(C)CC(C(=O)NN)c1ccccc1. The molecular formula is C14H23N3O2. The topological polar surface area (TPSA) is 78.6 Å². The molecule has 0 aliphatic heterocycles. The Kier molecular flexibility index (Phi) is 6.49. The number of hydrogen-bond donors (Lipinski definition) is 3. The van der Waals surface area contributed by atoms with E-state index in [0.717, 1.165) is 12.1 Å². The lowest BCUT2D eigenvalue weighted by atomic mass is 9.98. The van der Waals surface area contributed by atoms with Crippen LogP contribution < -0.4 is 11.3 Å². The van der Waals surface area contributed by atoms with Gasteiger partial charge in [0.05, 0.1) is 12.0 Å². The van der Waals surface area contributed by atoms with Gasteiger partial charge in [0.15, 0.2) is 0 Å². The van der Waals surface area contributed by atoms with Crippen molar-refractivity contribution in [1.82, 2.24) is 10.3 Å². The second-order valence-corrected chi connectivity index (χ2v) is 4.87. The van der Waals surface area contributed by atoms with E-state index in [4.69, 9.17) is 5.84 Å². The summed E-state index contributed by atoms with van der Waals surface area (Å²) in [5, 5.41) is 9.28. The number of nitrogens with zero attached hydrogens (tertiary/aromatic N) is 1. The summed E-state index contributed by atoms with van der Waals surface area (Å²) in [6.07, 6.45) is 0.350. The number of benzene rings is 1. The van der Waals surface area contributed by atoms with Gasteiger partial charge in [0.1, 0.15) is 0 Å².